The second-order valence-electron chi connectivity index (χ2n) is 13.0. The van der Waals surface area contributed by atoms with E-state index < -0.39 is 0 Å². The molecule has 0 aromatic rings. The van der Waals surface area contributed by atoms with Gasteiger partial charge in [0.25, 0.3) is 0 Å². The van der Waals surface area contributed by atoms with Crippen molar-refractivity contribution in [2.75, 3.05) is 7.11 Å². The minimum atomic E-state index is -0.242. The molecule has 4 nitrogen and oxygen atoms in total. The highest BCUT2D eigenvalue weighted by Crippen LogP contribution is 2.34. The highest BCUT2D eigenvalue weighted by molar-refractivity contribution is 7.13. The molecule has 0 saturated carbocycles. The summed E-state index contributed by atoms with van der Waals surface area (Å²) in [5, 5.41) is 13.8. The lowest BCUT2D eigenvalue weighted by Crippen LogP contribution is -2.50. The molecule has 0 radical (unpaired) electrons. The number of aliphatic hydroxyl groups excluding tert-OH is 1. The Morgan fingerprint density at radius 3 is 1.43 bits per heavy atom. The monoisotopic (exact) mass is 545 g/mol. The van der Waals surface area contributed by atoms with Gasteiger partial charge in [0.05, 0.1) is 0 Å². The van der Waals surface area contributed by atoms with Crippen LogP contribution in [0.3, 0.4) is 0 Å². The number of carbonyl (C=O) groups is 1. The molecular formula is C32H69N2O2P. The number of hydrogen-bond acceptors (Lipinski definition) is 3. The fourth-order valence-electron chi connectivity index (χ4n) is 4.89. The van der Waals surface area contributed by atoms with Crippen molar-refractivity contribution >= 4 is 15.3 Å². The van der Waals surface area contributed by atoms with E-state index in [-0.39, 0.29) is 22.3 Å². The summed E-state index contributed by atoms with van der Waals surface area (Å²) >= 11 is 0. The van der Waals surface area contributed by atoms with Gasteiger partial charge in [-0.1, -0.05) is 134 Å². The molecule has 0 aliphatic rings. The lowest BCUT2D eigenvalue weighted by atomic mass is 9.76. The summed E-state index contributed by atoms with van der Waals surface area (Å²) in [5.74, 6) is 0.287. The predicted molar refractivity (Wildman–Crippen MR) is 169 cm³/mol. The van der Waals surface area contributed by atoms with Gasteiger partial charge in [-0.25, -0.2) is 0 Å². The fraction of sp³-hybridized carbons (Fsp3) is 0.969. The van der Waals surface area contributed by atoms with Gasteiger partial charge < -0.3 is 10.4 Å². The van der Waals surface area contributed by atoms with Gasteiger partial charge in [0.2, 0.25) is 5.91 Å². The molecule has 3 N–H and O–H groups in total. The Balaban J connectivity index is 0. The molecule has 0 aromatic heterocycles. The van der Waals surface area contributed by atoms with E-state index in [1.54, 1.807) is 0 Å². The summed E-state index contributed by atoms with van der Waals surface area (Å²) < 4.78 is 0. The van der Waals surface area contributed by atoms with Crippen LogP contribution in [0.4, 0.5) is 0 Å². The van der Waals surface area contributed by atoms with Gasteiger partial charge in [0.15, 0.2) is 0 Å². The van der Waals surface area contributed by atoms with Crippen LogP contribution in [0.1, 0.15) is 171 Å². The highest BCUT2D eigenvalue weighted by Gasteiger charge is 2.36. The lowest BCUT2D eigenvalue weighted by molar-refractivity contribution is -0.133. The zero-order valence-electron chi connectivity index (χ0n) is 26.7. The summed E-state index contributed by atoms with van der Waals surface area (Å²) in [7, 11) is 3.65. The van der Waals surface area contributed by atoms with Crippen LogP contribution < -0.4 is 10.4 Å². The third-order valence-electron chi connectivity index (χ3n) is 8.48. The summed E-state index contributed by atoms with van der Waals surface area (Å²) in [5.41, 5.74) is -0.242. The zero-order valence-corrected chi connectivity index (χ0v) is 27.9. The van der Waals surface area contributed by atoms with Crippen LogP contribution in [-0.2, 0) is 4.79 Å². The molecule has 2 unspecified atom stereocenters. The molecule has 0 aliphatic carbocycles. The maximum absolute atomic E-state index is 13.7. The quantitative estimate of drug-likeness (QED) is 0.0887. The highest BCUT2D eigenvalue weighted by atomic mass is 31.0. The Hall–Kier alpha value is -0.180. The van der Waals surface area contributed by atoms with Crippen LogP contribution >= 0.6 is 9.39 Å². The second kappa shape index (κ2) is 22.6. The summed E-state index contributed by atoms with van der Waals surface area (Å²) in [6.07, 6.45) is 22.4. The third-order valence-corrected chi connectivity index (χ3v) is 8.98. The first-order valence-electron chi connectivity index (χ1n) is 15.7. The summed E-state index contributed by atoms with van der Waals surface area (Å²) in [6, 6.07) is 0.416. The Morgan fingerprint density at radius 2 is 1.05 bits per heavy atom. The van der Waals surface area contributed by atoms with Gasteiger partial charge in [-0.3, -0.25) is 9.88 Å². The number of hydrogen-bond donors (Lipinski definition) is 3. The number of rotatable bonds is 23. The summed E-state index contributed by atoms with van der Waals surface area (Å²) in [4.78, 5) is 13.7. The first-order chi connectivity index (χ1) is 17.4. The Kier molecular flexibility index (Phi) is 23.8. The van der Waals surface area contributed by atoms with Crippen molar-refractivity contribution in [2.24, 2.45) is 10.8 Å². The second-order valence-corrected chi connectivity index (χ2v) is 13.4. The number of nitrogens with one attached hydrogen (secondary N) is 2. The van der Waals surface area contributed by atoms with Crippen LogP contribution in [0.15, 0.2) is 0 Å². The van der Waals surface area contributed by atoms with E-state index >= 15 is 0 Å². The van der Waals surface area contributed by atoms with Crippen molar-refractivity contribution in [1.82, 2.24) is 10.4 Å². The molecule has 0 spiro atoms. The molecule has 0 rings (SSSR count). The molecule has 0 heterocycles. The largest absolute Gasteiger partial charge is 0.400 e. The van der Waals surface area contributed by atoms with Crippen molar-refractivity contribution in [1.29, 1.82) is 0 Å². The molecule has 2 atom stereocenters. The van der Waals surface area contributed by atoms with Crippen molar-refractivity contribution < 1.29 is 9.90 Å². The van der Waals surface area contributed by atoms with Gasteiger partial charge in [-0.05, 0) is 51.9 Å². The van der Waals surface area contributed by atoms with Gasteiger partial charge in [0.1, 0.15) is 0 Å². The van der Waals surface area contributed by atoms with Crippen LogP contribution in [0.25, 0.3) is 0 Å². The molecule has 1 amide bonds. The molecule has 0 saturated heterocycles. The van der Waals surface area contributed by atoms with E-state index in [1.807, 2.05) is 0 Å². The van der Waals surface area contributed by atoms with Gasteiger partial charge in [-0.15, -0.1) is 0 Å². The van der Waals surface area contributed by atoms with Crippen molar-refractivity contribution in [2.45, 2.75) is 183 Å². The third kappa shape index (κ3) is 19.5. The van der Waals surface area contributed by atoms with Gasteiger partial charge >= 0.3 is 0 Å². The number of carbonyl (C=O) groups excluding carboxylic acids is 1. The van der Waals surface area contributed by atoms with E-state index in [1.165, 1.54) is 89.9 Å². The van der Waals surface area contributed by atoms with Crippen LogP contribution in [0.2, 0.25) is 0 Å². The average molecular weight is 545 g/mol. The molecule has 224 valence electrons. The van der Waals surface area contributed by atoms with E-state index in [9.17, 15) is 4.79 Å². The van der Waals surface area contributed by atoms with Gasteiger partial charge in [0, 0.05) is 24.1 Å². The van der Waals surface area contributed by atoms with E-state index in [0.717, 1.165) is 32.8 Å². The minimum Gasteiger partial charge on any atom is -0.400 e. The molecule has 0 aromatic carbocycles. The standard InChI is InChI=1S/C31H65N2OP.CH4O/c1-9-11-13-15-17-19-21-23-31(8,24-22-20-18-16-14-12-10-2)28(34)32-30(6,7)26-25-29(4,5)27(3)33-35;1-2/h27,33H,9-26,35H2,1-8H3,(H,32,34);2H,1H3. The molecule has 5 heteroatoms. The summed E-state index contributed by atoms with van der Waals surface area (Å²) in [6.45, 7) is 18.1. The Bertz CT molecular complexity index is 519. The predicted octanol–water partition coefficient (Wildman–Crippen LogP) is 9.35. The van der Waals surface area contributed by atoms with Crippen LogP contribution in [0.5, 0.6) is 0 Å². The van der Waals surface area contributed by atoms with Crippen molar-refractivity contribution in [3.05, 3.63) is 0 Å². The zero-order chi connectivity index (χ0) is 28.8. The Labute approximate surface area is 235 Å². The lowest BCUT2D eigenvalue weighted by Gasteiger charge is -2.38. The van der Waals surface area contributed by atoms with Crippen molar-refractivity contribution in [3.8, 4) is 0 Å². The molecule has 37 heavy (non-hydrogen) atoms. The Morgan fingerprint density at radius 1 is 0.676 bits per heavy atom. The number of amides is 1. The maximum atomic E-state index is 13.7. The minimum absolute atomic E-state index is 0.183. The molecule has 0 aliphatic heterocycles. The number of unbranched alkanes of at least 4 members (excludes halogenated alkanes) is 12. The van der Waals surface area contributed by atoms with E-state index in [2.05, 4.69) is 75.2 Å². The normalized spacial score (nSPS) is 13.2. The number of aliphatic hydroxyl groups is 1. The van der Waals surface area contributed by atoms with Gasteiger partial charge in [-0.2, -0.15) is 0 Å². The van der Waals surface area contributed by atoms with Crippen LogP contribution in [0, 0.1) is 10.8 Å². The fourth-order valence-corrected chi connectivity index (χ4v) is 5.35. The SMILES string of the molecule is CCCCCCCCCC(C)(CCCCCCCCC)C(=O)NC(C)(C)CCC(C)(C)C(C)NP.CO. The van der Waals surface area contributed by atoms with Crippen LogP contribution in [-0.4, -0.2) is 29.7 Å². The molecule has 0 fully saturated rings. The maximum Gasteiger partial charge on any atom is 0.226 e. The van der Waals surface area contributed by atoms with E-state index in [0.29, 0.717) is 6.04 Å². The first-order valence-corrected chi connectivity index (χ1v) is 16.3. The molecular weight excluding hydrogens is 475 g/mol. The topological polar surface area (TPSA) is 61.4 Å². The molecule has 0 bridgehead atoms. The average Bonchev–Trinajstić information content (AvgIpc) is 2.87. The first kappa shape index (κ1) is 39.0. The smallest absolute Gasteiger partial charge is 0.226 e. The van der Waals surface area contributed by atoms with Crippen molar-refractivity contribution in [3.63, 3.8) is 0 Å². The van der Waals surface area contributed by atoms with E-state index in [4.69, 9.17) is 5.11 Å².